The van der Waals surface area contributed by atoms with Gasteiger partial charge < -0.3 is 5.32 Å². The van der Waals surface area contributed by atoms with E-state index in [4.69, 9.17) is 0 Å². The second kappa shape index (κ2) is 6.20. The van der Waals surface area contributed by atoms with E-state index in [-0.39, 0.29) is 0 Å². The van der Waals surface area contributed by atoms with Crippen molar-refractivity contribution in [3.8, 4) is 0 Å². The van der Waals surface area contributed by atoms with Crippen molar-refractivity contribution in [1.82, 2.24) is 5.32 Å². The number of allylic oxidation sites excluding steroid dienone is 1. The van der Waals surface area contributed by atoms with Crippen molar-refractivity contribution >= 4 is 0 Å². The topological polar surface area (TPSA) is 12.0 Å². The molecule has 0 aromatic rings. The van der Waals surface area contributed by atoms with Gasteiger partial charge in [-0.25, -0.2) is 0 Å². The maximum absolute atomic E-state index is 3.83. The van der Waals surface area contributed by atoms with Crippen molar-refractivity contribution in [3.05, 3.63) is 12.7 Å². The quantitative estimate of drug-likeness (QED) is 0.490. The lowest BCUT2D eigenvalue weighted by Gasteiger charge is -2.18. The van der Waals surface area contributed by atoms with Crippen LogP contribution >= 0.6 is 0 Å². The summed E-state index contributed by atoms with van der Waals surface area (Å²) in [6.07, 6.45) is 8.83. The largest absolute Gasteiger partial charge is 0.316 e. The Balaban J connectivity index is 2.18. The third-order valence-corrected chi connectivity index (χ3v) is 3.12. The second-order valence-electron chi connectivity index (χ2n) is 4.18. The van der Waals surface area contributed by atoms with E-state index in [1.165, 1.54) is 45.2 Å². The van der Waals surface area contributed by atoms with E-state index < -0.39 is 0 Å². The minimum Gasteiger partial charge on any atom is -0.316 e. The maximum Gasteiger partial charge on any atom is -0.00178 e. The molecule has 0 aliphatic heterocycles. The highest BCUT2D eigenvalue weighted by Gasteiger charge is 2.25. The Morgan fingerprint density at radius 3 is 2.85 bits per heavy atom. The highest BCUT2D eigenvalue weighted by atomic mass is 14.9. The van der Waals surface area contributed by atoms with Crippen molar-refractivity contribution in [2.45, 2.75) is 39.0 Å². The van der Waals surface area contributed by atoms with Crippen LogP contribution in [0.2, 0.25) is 0 Å². The number of hydrogen-bond acceptors (Lipinski definition) is 1. The molecule has 0 bridgehead atoms. The monoisotopic (exact) mass is 181 g/mol. The van der Waals surface area contributed by atoms with Crippen LogP contribution in [0, 0.1) is 11.8 Å². The van der Waals surface area contributed by atoms with E-state index in [0.29, 0.717) is 0 Å². The average Bonchev–Trinajstić information content (AvgIpc) is 2.54. The van der Waals surface area contributed by atoms with Gasteiger partial charge in [0.2, 0.25) is 0 Å². The van der Waals surface area contributed by atoms with Crippen LogP contribution in [-0.4, -0.2) is 13.1 Å². The Bertz CT molecular complexity index is 142. The van der Waals surface area contributed by atoms with Crippen molar-refractivity contribution in [3.63, 3.8) is 0 Å². The molecule has 0 aromatic carbocycles. The van der Waals surface area contributed by atoms with Crippen LogP contribution in [-0.2, 0) is 0 Å². The van der Waals surface area contributed by atoms with Crippen LogP contribution in [0.1, 0.15) is 39.0 Å². The van der Waals surface area contributed by atoms with E-state index in [2.05, 4.69) is 24.9 Å². The SMILES string of the molecule is C=CCC1CCCC1CNCCC. The molecule has 2 unspecified atom stereocenters. The predicted molar refractivity (Wildman–Crippen MR) is 58.8 cm³/mol. The molecule has 0 radical (unpaired) electrons. The lowest BCUT2D eigenvalue weighted by molar-refractivity contribution is 0.370. The van der Waals surface area contributed by atoms with Gasteiger partial charge in [-0.05, 0) is 50.6 Å². The number of rotatable bonds is 6. The molecule has 0 heterocycles. The van der Waals surface area contributed by atoms with Gasteiger partial charge in [0.1, 0.15) is 0 Å². The van der Waals surface area contributed by atoms with Crippen LogP contribution in [0.4, 0.5) is 0 Å². The molecule has 0 spiro atoms. The third kappa shape index (κ3) is 3.51. The van der Waals surface area contributed by atoms with E-state index >= 15 is 0 Å². The molecule has 1 fully saturated rings. The zero-order valence-electron chi connectivity index (χ0n) is 8.89. The van der Waals surface area contributed by atoms with Gasteiger partial charge >= 0.3 is 0 Å². The summed E-state index contributed by atoms with van der Waals surface area (Å²) in [6, 6.07) is 0. The van der Waals surface area contributed by atoms with Gasteiger partial charge in [0.25, 0.3) is 0 Å². The molecule has 1 N–H and O–H groups in total. The predicted octanol–water partition coefficient (Wildman–Crippen LogP) is 2.98. The van der Waals surface area contributed by atoms with Gasteiger partial charge in [-0.1, -0.05) is 19.4 Å². The summed E-state index contributed by atoms with van der Waals surface area (Å²) in [5, 5.41) is 3.53. The molecular weight excluding hydrogens is 158 g/mol. The van der Waals surface area contributed by atoms with Gasteiger partial charge in [0.05, 0.1) is 0 Å². The summed E-state index contributed by atoms with van der Waals surface area (Å²) in [6.45, 7) is 8.47. The third-order valence-electron chi connectivity index (χ3n) is 3.12. The van der Waals surface area contributed by atoms with Gasteiger partial charge in [-0.15, -0.1) is 6.58 Å². The molecule has 1 rings (SSSR count). The molecule has 1 aliphatic carbocycles. The maximum atomic E-state index is 3.83. The fraction of sp³-hybridized carbons (Fsp3) is 0.833. The number of hydrogen-bond donors (Lipinski definition) is 1. The van der Waals surface area contributed by atoms with Gasteiger partial charge in [-0.2, -0.15) is 0 Å². The molecule has 0 amide bonds. The standard InChI is InChI=1S/C12H23N/c1-3-6-11-7-5-8-12(11)10-13-9-4-2/h3,11-13H,1,4-10H2,2H3. The molecule has 0 aromatic heterocycles. The average molecular weight is 181 g/mol. The van der Waals surface area contributed by atoms with Crippen LogP contribution < -0.4 is 5.32 Å². The first-order chi connectivity index (χ1) is 6.38. The zero-order valence-corrected chi connectivity index (χ0v) is 8.89. The Kier molecular flexibility index (Phi) is 5.14. The fourth-order valence-electron chi connectivity index (χ4n) is 2.37. The zero-order chi connectivity index (χ0) is 9.52. The molecule has 1 heteroatoms. The highest BCUT2D eigenvalue weighted by Crippen LogP contribution is 2.33. The first-order valence-corrected chi connectivity index (χ1v) is 5.70. The second-order valence-corrected chi connectivity index (χ2v) is 4.18. The van der Waals surface area contributed by atoms with E-state index in [9.17, 15) is 0 Å². The van der Waals surface area contributed by atoms with Crippen LogP contribution in [0.3, 0.4) is 0 Å². The Morgan fingerprint density at radius 2 is 2.15 bits per heavy atom. The first kappa shape index (κ1) is 10.8. The Labute approximate surface area is 82.6 Å². The summed E-state index contributed by atoms with van der Waals surface area (Å²) >= 11 is 0. The van der Waals surface area contributed by atoms with Crippen LogP contribution in [0.25, 0.3) is 0 Å². The lowest BCUT2D eigenvalue weighted by atomic mass is 9.93. The molecule has 13 heavy (non-hydrogen) atoms. The first-order valence-electron chi connectivity index (χ1n) is 5.70. The number of nitrogens with one attached hydrogen (secondary N) is 1. The summed E-state index contributed by atoms with van der Waals surface area (Å²) in [4.78, 5) is 0. The summed E-state index contributed by atoms with van der Waals surface area (Å²) in [5.74, 6) is 1.84. The minimum absolute atomic E-state index is 0.918. The van der Waals surface area contributed by atoms with Crippen LogP contribution in [0.15, 0.2) is 12.7 Å². The van der Waals surface area contributed by atoms with Crippen molar-refractivity contribution in [1.29, 1.82) is 0 Å². The Hall–Kier alpha value is -0.300. The molecule has 2 atom stereocenters. The minimum atomic E-state index is 0.918. The van der Waals surface area contributed by atoms with Gasteiger partial charge in [0, 0.05) is 0 Å². The molecule has 0 saturated heterocycles. The van der Waals surface area contributed by atoms with E-state index in [1.54, 1.807) is 0 Å². The van der Waals surface area contributed by atoms with Crippen molar-refractivity contribution in [2.75, 3.05) is 13.1 Å². The van der Waals surface area contributed by atoms with Gasteiger partial charge in [-0.3, -0.25) is 0 Å². The van der Waals surface area contributed by atoms with Crippen molar-refractivity contribution in [2.24, 2.45) is 11.8 Å². The highest BCUT2D eigenvalue weighted by molar-refractivity contribution is 4.84. The normalized spacial score (nSPS) is 27.8. The molecule has 1 nitrogen and oxygen atoms in total. The van der Waals surface area contributed by atoms with E-state index in [1.807, 2.05) is 0 Å². The van der Waals surface area contributed by atoms with Crippen LogP contribution in [0.5, 0.6) is 0 Å². The van der Waals surface area contributed by atoms with Gasteiger partial charge in [0.15, 0.2) is 0 Å². The molecule has 76 valence electrons. The van der Waals surface area contributed by atoms with E-state index in [0.717, 1.165) is 11.8 Å². The summed E-state index contributed by atoms with van der Waals surface area (Å²) < 4.78 is 0. The Morgan fingerprint density at radius 1 is 1.38 bits per heavy atom. The fourth-order valence-corrected chi connectivity index (χ4v) is 2.37. The molecule has 1 aliphatic rings. The molecular formula is C12H23N. The molecule has 1 saturated carbocycles. The summed E-state index contributed by atoms with van der Waals surface area (Å²) in [5.41, 5.74) is 0. The smallest absolute Gasteiger partial charge is 0.00178 e. The van der Waals surface area contributed by atoms with Crippen molar-refractivity contribution < 1.29 is 0 Å². The lowest BCUT2D eigenvalue weighted by Crippen LogP contribution is -2.25. The summed E-state index contributed by atoms with van der Waals surface area (Å²) in [7, 11) is 0.